The first-order valence-electron chi connectivity index (χ1n) is 5.30. The zero-order valence-electron chi connectivity index (χ0n) is 9.63. The maximum absolute atomic E-state index is 2.64. The lowest BCUT2D eigenvalue weighted by Gasteiger charge is -2.42. The Balaban J connectivity index is 2.51. The molecule has 1 unspecified atom stereocenters. The highest BCUT2D eigenvalue weighted by atomic mass is 32.2. The van der Waals surface area contributed by atoms with Crippen LogP contribution in [-0.4, -0.2) is 34.5 Å². The van der Waals surface area contributed by atoms with Crippen molar-refractivity contribution in [3.8, 4) is 0 Å². The third kappa shape index (κ3) is 3.17. The van der Waals surface area contributed by atoms with E-state index < -0.39 is 0 Å². The smallest absolute Gasteiger partial charge is 0.0231 e. The van der Waals surface area contributed by atoms with E-state index >= 15 is 0 Å². The van der Waals surface area contributed by atoms with E-state index in [0.717, 1.165) is 12.0 Å². The average molecular weight is 201 g/mol. The molecule has 1 atom stereocenters. The lowest BCUT2D eigenvalue weighted by atomic mass is 10.0. The molecular formula is C11H23NS. The number of hydrogen-bond donors (Lipinski definition) is 0. The van der Waals surface area contributed by atoms with Gasteiger partial charge in [0.15, 0.2) is 0 Å². The van der Waals surface area contributed by atoms with Crippen molar-refractivity contribution in [2.45, 2.75) is 45.4 Å². The van der Waals surface area contributed by atoms with Gasteiger partial charge in [0.1, 0.15) is 0 Å². The molecule has 0 aromatic heterocycles. The highest BCUT2D eigenvalue weighted by Crippen LogP contribution is 2.31. The van der Waals surface area contributed by atoms with Gasteiger partial charge in [0.05, 0.1) is 0 Å². The van der Waals surface area contributed by atoms with Gasteiger partial charge in [-0.1, -0.05) is 13.8 Å². The molecule has 1 aliphatic rings. The Kier molecular flexibility index (Phi) is 3.70. The SMILES string of the molecule is CC(C)C(C)N1CCSC(C)(C)C1. The number of hydrogen-bond acceptors (Lipinski definition) is 2. The summed E-state index contributed by atoms with van der Waals surface area (Å²) in [5.74, 6) is 2.07. The van der Waals surface area contributed by atoms with Crippen LogP contribution in [0.5, 0.6) is 0 Å². The minimum atomic E-state index is 0.460. The molecule has 0 radical (unpaired) electrons. The molecule has 0 spiro atoms. The maximum Gasteiger partial charge on any atom is 0.0231 e. The van der Waals surface area contributed by atoms with Gasteiger partial charge in [0.2, 0.25) is 0 Å². The molecular weight excluding hydrogens is 178 g/mol. The molecule has 1 rings (SSSR count). The summed E-state index contributed by atoms with van der Waals surface area (Å²) >= 11 is 2.11. The molecule has 0 N–H and O–H groups in total. The summed E-state index contributed by atoms with van der Waals surface area (Å²) < 4.78 is 0.460. The Morgan fingerprint density at radius 2 is 1.85 bits per heavy atom. The fourth-order valence-corrected chi connectivity index (χ4v) is 2.96. The third-order valence-electron chi connectivity index (χ3n) is 3.00. The van der Waals surface area contributed by atoms with Crippen molar-refractivity contribution in [3.05, 3.63) is 0 Å². The molecule has 0 bridgehead atoms. The van der Waals surface area contributed by atoms with Gasteiger partial charge in [0.25, 0.3) is 0 Å². The highest BCUT2D eigenvalue weighted by Gasteiger charge is 2.30. The minimum absolute atomic E-state index is 0.460. The Bertz CT molecular complexity index is 165. The Morgan fingerprint density at radius 1 is 1.23 bits per heavy atom. The normalized spacial score (nSPS) is 26.3. The van der Waals surface area contributed by atoms with Crippen LogP contribution in [0.4, 0.5) is 0 Å². The van der Waals surface area contributed by atoms with E-state index in [0.29, 0.717) is 4.75 Å². The number of rotatable bonds is 2. The van der Waals surface area contributed by atoms with Crippen LogP contribution in [0.25, 0.3) is 0 Å². The van der Waals surface area contributed by atoms with E-state index in [1.165, 1.54) is 18.8 Å². The molecule has 0 aromatic carbocycles. The van der Waals surface area contributed by atoms with Crippen LogP contribution in [0.1, 0.15) is 34.6 Å². The first kappa shape index (κ1) is 11.4. The molecule has 0 aromatic rings. The molecule has 1 fully saturated rings. The molecule has 1 nitrogen and oxygen atoms in total. The Hall–Kier alpha value is 0.310. The van der Waals surface area contributed by atoms with Crippen LogP contribution in [0.15, 0.2) is 0 Å². The summed E-state index contributed by atoms with van der Waals surface area (Å²) in [4.78, 5) is 2.64. The van der Waals surface area contributed by atoms with E-state index in [1.807, 2.05) is 0 Å². The summed E-state index contributed by atoms with van der Waals surface area (Å²) in [6.07, 6.45) is 0. The highest BCUT2D eigenvalue weighted by molar-refractivity contribution is 8.00. The molecule has 1 aliphatic heterocycles. The first-order valence-corrected chi connectivity index (χ1v) is 6.29. The van der Waals surface area contributed by atoms with Gasteiger partial charge >= 0.3 is 0 Å². The van der Waals surface area contributed by atoms with Crippen molar-refractivity contribution in [3.63, 3.8) is 0 Å². The quantitative estimate of drug-likeness (QED) is 0.676. The largest absolute Gasteiger partial charge is 0.298 e. The van der Waals surface area contributed by atoms with Gasteiger partial charge < -0.3 is 0 Å². The van der Waals surface area contributed by atoms with E-state index in [9.17, 15) is 0 Å². The van der Waals surface area contributed by atoms with Crippen LogP contribution in [0.2, 0.25) is 0 Å². The summed E-state index contributed by atoms with van der Waals surface area (Å²) in [5.41, 5.74) is 0. The summed E-state index contributed by atoms with van der Waals surface area (Å²) in [5, 5.41) is 0. The lowest BCUT2D eigenvalue weighted by molar-refractivity contribution is 0.161. The van der Waals surface area contributed by atoms with Crippen LogP contribution in [0.3, 0.4) is 0 Å². The van der Waals surface area contributed by atoms with Crippen molar-refractivity contribution in [1.82, 2.24) is 4.90 Å². The minimum Gasteiger partial charge on any atom is -0.298 e. The fraction of sp³-hybridized carbons (Fsp3) is 1.00. The lowest BCUT2D eigenvalue weighted by Crippen LogP contribution is -2.48. The number of thioether (sulfide) groups is 1. The van der Waals surface area contributed by atoms with Gasteiger partial charge in [-0.25, -0.2) is 0 Å². The summed E-state index contributed by atoms with van der Waals surface area (Å²) in [6, 6.07) is 0.736. The van der Waals surface area contributed by atoms with Crippen molar-refractivity contribution in [2.24, 2.45) is 5.92 Å². The van der Waals surface area contributed by atoms with E-state index in [2.05, 4.69) is 51.3 Å². The molecule has 1 heterocycles. The second-order valence-electron chi connectivity index (χ2n) is 5.06. The van der Waals surface area contributed by atoms with Gasteiger partial charge in [0, 0.05) is 29.6 Å². The Labute approximate surface area is 87.3 Å². The van der Waals surface area contributed by atoms with Crippen LogP contribution < -0.4 is 0 Å². The van der Waals surface area contributed by atoms with Crippen LogP contribution in [0, 0.1) is 5.92 Å². The monoisotopic (exact) mass is 201 g/mol. The Morgan fingerprint density at radius 3 is 2.31 bits per heavy atom. The van der Waals surface area contributed by atoms with Crippen molar-refractivity contribution < 1.29 is 0 Å². The van der Waals surface area contributed by atoms with Crippen LogP contribution in [-0.2, 0) is 0 Å². The zero-order valence-corrected chi connectivity index (χ0v) is 10.4. The van der Waals surface area contributed by atoms with Crippen LogP contribution >= 0.6 is 11.8 Å². The summed E-state index contributed by atoms with van der Waals surface area (Å²) in [6.45, 7) is 14.2. The molecule has 0 aliphatic carbocycles. The van der Waals surface area contributed by atoms with E-state index in [1.54, 1.807) is 0 Å². The standard InChI is InChI=1S/C11H23NS/c1-9(2)10(3)12-6-7-13-11(4,5)8-12/h9-10H,6-8H2,1-5H3. The predicted molar refractivity (Wildman–Crippen MR) is 62.4 cm³/mol. The topological polar surface area (TPSA) is 3.24 Å². The van der Waals surface area contributed by atoms with E-state index in [-0.39, 0.29) is 0 Å². The molecule has 0 amide bonds. The molecule has 78 valence electrons. The molecule has 13 heavy (non-hydrogen) atoms. The fourth-order valence-electron chi connectivity index (χ4n) is 1.82. The summed E-state index contributed by atoms with van der Waals surface area (Å²) in [7, 11) is 0. The zero-order chi connectivity index (χ0) is 10.1. The molecule has 0 saturated carbocycles. The number of nitrogens with zero attached hydrogens (tertiary/aromatic N) is 1. The van der Waals surface area contributed by atoms with Crippen molar-refractivity contribution in [2.75, 3.05) is 18.8 Å². The predicted octanol–water partition coefficient (Wildman–Crippen LogP) is 2.86. The molecule has 1 saturated heterocycles. The third-order valence-corrected chi connectivity index (χ3v) is 4.29. The van der Waals surface area contributed by atoms with Gasteiger partial charge in [-0.3, -0.25) is 4.90 Å². The van der Waals surface area contributed by atoms with Crippen molar-refractivity contribution in [1.29, 1.82) is 0 Å². The second kappa shape index (κ2) is 4.22. The van der Waals surface area contributed by atoms with Gasteiger partial charge in [-0.2, -0.15) is 11.8 Å². The van der Waals surface area contributed by atoms with E-state index in [4.69, 9.17) is 0 Å². The maximum atomic E-state index is 2.64. The van der Waals surface area contributed by atoms with Gasteiger partial charge in [-0.05, 0) is 26.7 Å². The van der Waals surface area contributed by atoms with Crippen molar-refractivity contribution >= 4 is 11.8 Å². The van der Waals surface area contributed by atoms with Gasteiger partial charge in [-0.15, -0.1) is 0 Å². The average Bonchev–Trinajstić information content (AvgIpc) is 2.01. The molecule has 2 heteroatoms. The first-order chi connectivity index (χ1) is 5.92. The second-order valence-corrected chi connectivity index (χ2v) is 6.87.